The first kappa shape index (κ1) is 12.5. The average Bonchev–Trinajstić information content (AvgIpc) is 2.16. The Kier molecular flexibility index (Phi) is 4.26. The van der Waals surface area contributed by atoms with E-state index in [1.165, 1.54) is 0 Å². The molecule has 0 atom stereocenters. The van der Waals surface area contributed by atoms with Gasteiger partial charge < -0.3 is 0 Å². The zero-order valence-electron chi connectivity index (χ0n) is 8.04. The molecule has 3 nitrogen and oxygen atoms in total. The van der Waals surface area contributed by atoms with Gasteiger partial charge in [-0.25, -0.2) is 4.39 Å². The van der Waals surface area contributed by atoms with Crippen molar-refractivity contribution in [1.82, 2.24) is 0 Å². The van der Waals surface area contributed by atoms with Gasteiger partial charge in [0.15, 0.2) is 0 Å². The molecule has 0 aliphatic carbocycles. The van der Waals surface area contributed by atoms with Crippen LogP contribution in [0.15, 0.2) is 12.1 Å². The molecule has 16 heavy (non-hydrogen) atoms. The smallest absolute Gasteiger partial charge is 0.258 e. The number of nitro groups is 1. The summed E-state index contributed by atoms with van der Waals surface area (Å²) in [5.41, 5.74) is -1.06. The van der Waals surface area contributed by atoms with Crippen LogP contribution in [0.4, 0.5) is 14.5 Å². The summed E-state index contributed by atoms with van der Waals surface area (Å²) in [5.74, 6) is 3.25. The number of nitrogens with zero attached hydrogens (tertiary/aromatic N) is 1. The van der Waals surface area contributed by atoms with Crippen molar-refractivity contribution in [2.24, 2.45) is 0 Å². The lowest BCUT2D eigenvalue weighted by Crippen LogP contribution is -1.97. The van der Waals surface area contributed by atoms with E-state index in [4.69, 9.17) is 0 Å². The Labute approximate surface area is 96.0 Å². The summed E-state index contributed by atoms with van der Waals surface area (Å²) in [7, 11) is 0. The molecule has 0 fully saturated rings. The Morgan fingerprint density at radius 3 is 2.69 bits per heavy atom. The van der Waals surface area contributed by atoms with Crippen molar-refractivity contribution in [3.8, 4) is 11.8 Å². The third kappa shape index (κ3) is 2.94. The number of thiol groups is 1. The van der Waals surface area contributed by atoms with Crippen LogP contribution in [0.1, 0.15) is 12.0 Å². The summed E-state index contributed by atoms with van der Waals surface area (Å²) in [6.45, 7) is 0. The second-order valence-corrected chi connectivity index (χ2v) is 3.26. The molecule has 0 heterocycles. The van der Waals surface area contributed by atoms with Crippen molar-refractivity contribution < 1.29 is 13.7 Å². The van der Waals surface area contributed by atoms with Gasteiger partial charge in [-0.1, -0.05) is 11.8 Å². The van der Waals surface area contributed by atoms with E-state index in [0.717, 1.165) is 6.07 Å². The van der Waals surface area contributed by atoms with E-state index in [1.807, 2.05) is 0 Å². The molecule has 0 aliphatic heterocycles. The normalized spacial score (nSPS) is 9.44. The van der Waals surface area contributed by atoms with Crippen molar-refractivity contribution in [3.05, 3.63) is 39.4 Å². The third-order valence-electron chi connectivity index (χ3n) is 1.67. The molecular formula is C10H7F2NO2S. The van der Waals surface area contributed by atoms with Crippen LogP contribution in [0.25, 0.3) is 0 Å². The fourth-order valence-electron chi connectivity index (χ4n) is 1.06. The molecule has 0 amide bonds. The Hall–Kier alpha value is -1.61. The van der Waals surface area contributed by atoms with E-state index < -0.39 is 22.2 Å². The SMILES string of the molecule is O=[N+]([O-])c1c(F)cc(F)cc1C#CCCS. The molecule has 6 heteroatoms. The minimum atomic E-state index is -1.22. The van der Waals surface area contributed by atoms with Crippen molar-refractivity contribution in [3.63, 3.8) is 0 Å². The highest BCUT2D eigenvalue weighted by Gasteiger charge is 2.20. The molecule has 0 saturated heterocycles. The summed E-state index contributed by atoms with van der Waals surface area (Å²) < 4.78 is 25.9. The van der Waals surface area contributed by atoms with Gasteiger partial charge in [-0.15, -0.1) is 0 Å². The maximum absolute atomic E-state index is 13.1. The van der Waals surface area contributed by atoms with Gasteiger partial charge in [0.1, 0.15) is 11.4 Å². The third-order valence-corrected chi connectivity index (χ3v) is 1.89. The minimum Gasteiger partial charge on any atom is -0.258 e. The van der Waals surface area contributed by atoms with Crippen LogP contribution < -0.4 is 0 Å². The first-order chi connectivity index (χ1) is 7.56. The molecule has 0 unspecified atom stereocenters. The molecule has 0 radical (unpaired) electrons. The van der Waals surface area contributed by atoms with Crippen LogP contribution in [-0.4, -0.2) is 10.7 Å². The molecule has 1 rings (SSSR count). The second kappa shape index (κ2) is 5.47. The van der Waals surface area contributed by atoms with Crippen LogP contribution in [-0.2, 0) is 0 Å². The number of halogens is 2. The van der Waals surface area contributed by atoms with Crippen molar-refractivity contribution in [1.29, 1.82) is 0 Å². The Morgan fingerprint density at radius 1 is 1.44 bits per heavy atom. The maximum Gasteiger partial charge on any atom is 0.320 e. The predicted octanol–water partition coefficient (Wildman–Crippen LogP) is 2.54. The highest BCUT2D eigenvalue weighted by atomic mass is 32.1. The van der Waals surface area contributed by atoms with Gasteiger partial charge in [0.2, 0.25) is 5.82 Å². The molecule has 1 aromatic carbocycles. The number of benzene rings is 1. The van der Waals surface area contributed by atoms with E-state index in [-0.39, 0.29) is 5.56 Å². The van der Waals surface area contributed by atoms with Gasteiger partial charge in [-0.05, 0) is 6.07 Å². The van der Waals surface area contributed by atoms with Gasteiger partial charge in [-0.2, -0.15) is 17.0 Å². The van der Waals surface area contributed by atoms with Crippen molar-refractivity contribution in [2.75, 3.05) is 5.75 Å². The Morgan fingerprint density at radius 2 is 2.12 bits per heavy atom. The van der Waals surface area contributed by atoms with E-state index in [9.17, 15) is 18.9 Å². The molecule has 1 aromatic rings. The highest BCUT2D eigenvalue weighted by Crippen LogP contribution is 2.23. The van der Waals surface area contributed by atoms with Gasteiger partial charge >= 0.3 is 5.69 Å². The molecule has 0 aliphatic rings. The highest BCUT2D eigenvalue weighted by molar-refractivity contribution is 7.80. The quantitative estimate of drug-likeness (QED) is 0.375. The molecule has 0 bridgehead atoms. The number of rotatable bonds is 2. The van der Waals surface area contributed by atoms with Crippen LogP contribution in [0.3, 0.4) is 0 Å². The van der Waals surface area contributed by atoms with E-state index in [0.29, 0.717) is 18.2 Å². The maximum atomic E-state index is 13.1. The fourth-order valence-corrected chi connectivity index (χ4v) is 1.17. The lowest BCUT2D eigenvalue weighted by atomic mass is 10.1. The van der Waals surface area contributed by atoms with Crippen molar-refractivity contribution >= 4 is 18.3 Å². The summed E-state index contributed by atoms with van der Waals surface area (Å²) in [4.78, 5) is 9.63. The zero-order chi connectivity index (χ0) is 12.1. The summed E-state index contributed by atoms with van der Waals surface area (Å²) in [6, 6.07) is 1.30. The molecule has 0 spiro atoms. The van der Waals surface area contributed by atoms with Gasteiger partial charge in [0.25, 0.3) is 0 Å². The second-order valence-electron chi connectivity index (χ2n) is 2.82. The standard InChI is InChI=1S/C10H7F2NO2S/c11-8-5-7(3-1-2-4-16)10(13(14)15)9(12)6-8/h5-6,16H,2,4H2. The first-order valence-electron chi connectivity index (χ1n) is 4.29. The van der Waals surface area contributed by atoms with Gasteiger partial charge in [0, 0.05) is 18.2 Å². The van der Waals surface area contributed by atoms with Crippen LogP contribution in [0, 0.1) is 33.6 Å². The topological polar surface area (TPSA) is 43.1 Å². The van der Waals surface area contributed by atoms with E-state index in [2.05, 4.69) is 24.5 Å². The number of hydrogen-bond donors (Lipinski definition) is 1. The monoisotopic (exact) mass is 243 g/mol. The minimum absolute atomic E-state index is 0.260. The first-order valence-corrected chi connectivity index (χ1v) is 4.92. The Balaban J connectivity index is 3.26. The summed E-state index contributed by atoms with van der Waals surface area (Å²) in [5, 5.41) is 10.5. The van der Waals surface area contributed by atoms with E-state index >= 15 is 0 Å². The molecule has 0 N–H and O–H groups in total. The Bertz CT molecular complexity index is 480. The molecular weight excluding hydrogens is 236 g/mol. The van der Waals surface area contributed by atoms with E-state index in [1.54, 1.807) is 0 Å². The lowest BCUT2D eigenvalue weighted by Gasteiger charge is -1.97. The van der Waals surface area contributed by atoms with Gasteiger partial charge in [0.05, 0.1) is 4.92 Å². The fraction of sp³-hybridized carbons (Fsp3) is 0.200. The largest absolute Gasteiger partial charge is 0.320 e. The summed E-state index contributed by atoms with van der Waals surface area (Å²) in [6.07, 6.45) is 0.387. The number of hydrogen-bond acceptors (Lipinski definition) is 3. The number of nitro benzene ring substituents is 1. The van der Waals surface area contributed by atoms with Gasteiger partial charge in [-0.3, -0.25) is 10.1 Å². The zero-order valence-corrected chi connectivity index (χ0v) is 8.93. The molecule has 84 valence electrons. The van der Waals surface area contributed by atoms with Crippen LogP contribution in [0.2, 0.25) is 0 Å². The molecule has 0 aromatic heterocycles. The molecule has 0 saturated carbocycles. The lowest BCUT2D eigenvalue weighted by molar-refractivity contribution is -0.387. The van der Waals surface area contributed by atoms with Crippen LogP contribution in [0.5, 0.6) is 0 Å². The average molecular weight is 243 g/mol. The van der Waals surface area contributed by atoms with Crippen molar-refractivity contribution in [2.45, 2.75) is 6.42 Å². The summed E-state index contributed by atoms with van der Waals surface area (Å²) >= 11 is 3.89. The predicted molar refractivity (Wildman–Crippen MR) is 58.4 cm³/mol. The van der Waals surface area contributed by atoms with Crippen LogP contribution >= 0.6 is 12.6 Å².